The summed E-state index contributed by atoms with van der Waals surface area (Å²) in [6, 6.07) is -0.855. The summed E-state index contributed by atoms with van der Waals surface area (Å²) in [7, 11) is 0. The molecule has 0 rings (SSSR count). The number of esters is 1. The first-order chi connectivity index (χ1) is 27.9. The predicted molar refractivity (Wildman–Crippen MR) is 244 cm³/mol. The molecule has 0 aromatic carbocycles. The van der Waals surface area contributed by atoms with Crippen LogP contribution in [-0.2, 0) is 19.1 Å². The van der Waals surface area contributed by atoms with Gasteiger partial charge < -0.3 is 20.9 Å². The zero-order valence-corrected chi connectivity index (χ0v) is 37.7. The Labute approximate surface area is 353 Å². The van der Waals surface area contributed by atoms with Crippen LogP contribution in [-0.4, -0.2) is 41.6 Å². The Morgan fingerprint density at radius 1 is 0.509 bits per heavy atom. The number of carbonyl (C=O) groups is 3. The minimum Gasteiger partial charge on any atom is -0.480 e. The van der Waals surface area contributed by atoms with E-state index in [1.165, 1.54) is 148 Å². The van der Waals surface area contributed by atoms with Gasteiger partial charge >= 0.3 is 11.9 Å². The maximum absolute atomic E-state index is 12.9. The van der Waals surface area contributed by atoms with Crippen molar-refractivity contribution in [1.82, 2.24) is 5.32 Å². The normalized spacial score (nSPS) is 12.8. The van der Waals surface area contributed by atoms with Gasteiger partial charge in [-0.1, -0.05) is 186 Å². The summed E-state index contributed by atoms with van der Waals surface area (Å²) in [6.07, 6.45) is 52.3. The average molecular weight is 803 g/mol. The second-order valence-electron chi connectivity index (χ2n) is 16.9. The molecular weight excluding hydrogens is 709 g/mol. The van der Waals surface area contributed by atoms with Crippen molar-refractivity contribution in [3.8, 4) is 0 Å². The van der Waals surface area contributed by atoms with Gasteiger partial charge in [0.2, 0.25) is 5.91 Å². The van der Waals surface area contributed by atoms with Gasteiger partial charge in [0.1, 0.15) is 12.1 Å². The van der Waals surface area contributed by atoms with Crippen molar-refractivity contribution < 1.29 is 24.2 Å². The summed E-state index contributed by atoms with van der Waals surface area (Å²) in [4.78, 5) is 36.5. The third-order valence-corrected chi connectivity index (χ3v) is 11.3. The molecule has 0 spiro atoms. The van der Waals surface area contributed by atoms with E-state index in [1.54, 1.807) is 0 Å². The van der Waals surface area contributed by atoms with Gasteiger partial charge in [0.15, 0.2) is 0 Å². The quantitative estimate of drug-likeness (QED) is 0.0320. The molecule has 0 bridgehead atoms. The number of nitrogens with one attached hydrogen (secondary N) is 1. The second kappa shape index (κ2) is 44.9. The number of ether oxygens (including phenoxy) is 1. The van der Waals surface area contributed by atoms with Gasteiger partial charge in [0.25, 0.3) is 0 Å². The van der Waals surface area contributed by atoms with Crippen LogP contribution in [0.4, 0.5) is 0 Å². The second-order valence-corrected chi connectivity index (χ2v) is 16.9. The van der Waals surface area contributed by atoms with Gasteiger partial charge in [-0.3, -0.25) is 9.59 Å². The number of carboxylic acid groups (broad SMARTS) is 1. The fourth-order valence-corrected chi connectivity index (χ4v) is 7.54. The molecule has 0 fully saturated rings. The molecule has 7 nitrogen and oxygen atoms in total. The molecule has 7 heteroatoms. The highest BCUT2D eigenvalue weighted by Crippen LogP contribution is 2.19. The zero-order chi connectivity index (χ0) is 41.7. The van der Waals surface area contributed by atoms with E-state index in [1.807, 2.05) is 0 Å². The topological polar surface area (TPSA) is 119 Å². The number of allylic oxidation sites excluding steroid dienone is 4. The molecule has 0 saturated carbocycles. The lowest BCUT2D eigenvalue weighted by Crippen LogP contribution is -2.40. The third kappa shape index (κ3) is 41.8. The first kappa shape index (κ1) is 54.9. The summed E-state index contributed by atoms with van der Waals surface area (Å²) in [6.45, 7) is 4.94. The smallest absolute Gasteiger partial charge is 0.326 e. The van der Waals surface area contributed by atoms with Gasteiger partial charge in [-0.2, -0.15) is 0 Å². The molecule has 0 saturated heterocycles. The summed E-state index contributed by atoms with van der Waals surface area (Å²) in [5.74, 6) is -1.22. The number of unbranched alkanes of at least 4 members (excludes halogenated alkanes) is 27. The fourth-order valence-electron chi connectivity index (χ4n) is 7.54. The van der Waals surface area contributed by atoms with Crippen LogP contribution < -0.4 is 11.1 Å². The lowest BCUT2D eigenvalue weighted by Gasteiger charge is -2.18. The van der Waals surface area contributed by atoms with Crippen molar-refractivity contribution in [3.05, 3.63) is 24.3 Å². The van der Waals surface area contributed by atoms with Gasteiger partial charge in [0, 0.05) is 12.8 Å². The number of amides is 1. The zero-order valence-electron chi connectivity index (χ0n) is 37.7. The van der Waals surface area contributed by atoms with Gasteiger partial charge in [-0.05, 0) is 90.0 Å². The Kier molecular flexibility index (Phi) is 43.2. The van der Waals surface area contributed by atoms with Gasteiger partial charge in [-0.15, -0.1) is 0 Å². The van der Waals surface area contributed by atoms with Crippen LogP contribution in [0.3, 0.4) is 0 Å². The molecular formula is C50H94N2O5. The lowest BCUT2D eigenvalue weighted by atomic mass is 10.0. The highest BCUT2D eigenvalue weighted by atomic mass is 16.5. The van der Waals surface area contributed by atoms with Crippen LogP contribution in [0.2, 0.25) is 0 Å². The number of aliphatic carboxylic acids is 1. The number of carboxylic acids is 1. The Balaban J connectivity index is 4.24. The summed E-state index contributed by atoms with van der Waals surface area (Å²) in [5, 5.41) is 12.0. The first-order valence-electron chi connectivity index (χ1n) is 24.7. The monoisotopic (exact) mass is 803 g/mol. The Hall–Kier alpha value is -2.15. The highest BCUT2D eigenvalue weighted by Gasteiger charge is 2.19. The Morgan fingerprint density at radius 2 is 0.912 bits per heavy atom. The maximum Gasteiger partial charge on any atom is 0.326 e. The SMILES string of the molecule is CCCCC/C=C\C/C=C\CCCCCCCCCCCC(=O)OC(CCCCCCCCCCCCCC)CCCCCCCC(=O)NC(CCCN)C(=O)O. The fraction of sp³-hybridized carbons (Fsp3) is 0.860. The summed E-state index contributed by atoms with van der Waals surface area (Å²) < 4.78 is 6.08. The van der Waals surface area contributed by atoms with Crippen molar-refractivity contribution >= 4 is 17.8 Å². The summed E-state index contributed by atoms with van der Waals surface area (Å²) >= 11 is 0. The number of hydrogen-bond donors (Lipinski definition) is 3. The molecule has 0 aliphatic rings. The largest absolute Gasteiger partial charge is 0.480 e. The predicted octanol–water partition coefficient (Wildman–Crippen LogP) is 14.4. The van der Waals surface area contributed by atoms with Crippen molar-refractivity contribution in [2.75, 3.05) is 6.54 Å². The molecule has 2 unspecified atom stereocenters. The van der Waals surface area contributed by atoms with E-state index in [-0.39, 0.29) is 18.0 Å². The molecule has 0 radical (unpaired) electrons. The van der Waals surface area contributed by atoms with Crippen molar-refractivity contribution in [2.45, 2.75) is 270 Å². The van der Waals surface area contributed by atoms with Crippen molar-refractivity contribution in [2.24, 2.45) is 5.73 Å². The highest BCUT2D eigenvalue weighted by molar-refractivity contribution is 5.83. The number of nitrogens with two attached hydrogens (primary N) is 1. The van der Waals surface area contributed by atoms with Gasteiger partial charge in [0.05, 0.1) is 0 Å². The molecule has 57 heavy (non-hydrogen) atoms. The number of hydrogen-bond acceptors (Lipinski definition) is 5. The molecule has 0 aliphatic carbocycles. The van der Waals surface area contributed by atoms with Crippen molar-refractivity contribution in [3.63, 3.8) is 0 Å². The van der Waals surface area contributed by atoms with Gasteiger partial charge in [-0.25, -0.2) is 4.79 Å². The average Bonchev–Trinajstić information content (AvgIpc) is 3.20. The standard InChI is InChI=1S/C50H94N2O5/c1-3-5-7-9-11-13-15-17-18-19-20-21-22-23-25-27-29-34-38-44-49(54)57-46(40-35-31-28-26-24-16-14-12-10-8-6-4-2)41-36-32-30-33-37-43-48(53)52-47(50(55)56)42-39-45-51/h11,13,17-18,46-47H,3-10,12,14-16,19-45,51H2,1-2H3,(H,52,53)(H,55,56)/b13-11-,18-17-. The van der Waals surface area contributed by atoms with E-state index in [0.29, 0.717) is 32.2 Å². The minimum atomic E-state index is -1.00. The van der Waals surface area contributed by atoms with E-state index in [4.69, 9.17) is 10.5 Å². The van der Waals surface area contributed by atoms with E-state index in [0.717, 1.165) is 70.6 Å². The Morgan fingerprint density at radius 3 is 1.39 bits per heavy atom. The molecule has 2 atom stereocenters. The van der Waals surface area contributed by atoms with E-state index < -0.39 is 12.0 Å². The molecule has 1 amide bonds. The van der Waals surface area contributed by atoms with E-state index >= 15 is 0 Å². The third-order valence-electron chi connectivity index (χ3n) is 11.3. The van der Waals surface area contributed by atoms with Crippen LogP contribution in [0, 0.1) is 0 Å². The molecule has 0 heterocycles. The summed E-state index contributed by atoms with van der Waals surface area (Å²) in [5.41, 5.74) is 5.50. The Bertz CT molecular complexity index is 951. The van der Waals surface area contributed by atoms with Crippen molar-refractivity contribution in [1.29, 1.82) is 0 Å². The molecule has 4 N–H and O–H groups in total. The van der Waals surface area contributed by atoms with Crippen LogP contribution in [0.15, 0.2) is 24.3 Å². The number of carbonyl (C=O) groups excluding carboxylic acids is 2. The molecule has 0 aromatic rings. The lowest BCUT2D eigenvalue weighted by molar-refractivity contribution is -0.150. The molecule has 0 aliphatic heterocycles. The number of rotatable bonds is 45. The van der Waals surface area contributed by atoms with Crippen LogP contribution in [0.25, 0.3) is 0 Å². The molecule has 334 valence electrons. The van der Waals surface area contributed by atoms with E-state index in [9.17, 15) is 19.5 Å². The van der Waals surface area contributed by atoms with Crippen LogP contribution in [0.1, 0.15) is 258 Å². The van der Waals surface area contributed by atoms with E-state index in [2.05, 4.69) is 43.5 Å². The van der Waals surface area contributed by atoms with Crippen LogP contribution >= 0.6 is 0 Å². The minimum absolute atomic E-state index is 0.0144. The molecule has 0 aromatic heterocycles. The first-order valence-corrected chi connectivity index (χ1v) is 24.7. The van der Waals surface area contributed by atoms with Crippen LogP contribution in [0.5, 0.6) is 0 Å². The maximum atomic E-state index is 12.9.